The van der Waals surface area contributed by atoms with Gasteiger partial charge in [0, 0.05) is 11.4 Å². The highest BCUT2D eigenvalue weighted by Crippen LogP contribution is 2.19. The first kappa shape index (κ1) is 17.8. The molecule has 26 heavy (non-hydrogen) atoms. The van der Waals surface area contributed by atoms with Crippen LogP contribution in [0.2, 0.25) is 0 Å². The number of amides is 2. The van der Waals surface area contributed by atoms with Crippen LogP contribution in [0, 0.1) is 13.8 Å². The number of aryl methyl sites for hydroxylation is 2. The summed E-state index contributed by atoms with van der Waals surface area (Å²) in [5.74, 6) is 0. The van der Waals surface area contributed by atoms with Crippen molar-refractivity contribution < 1.29 is 17.8 Å². The monoisotopic (exact) mass is 372 g/mol. The first-order valence-electron chi connectivity index (χ1n) is 7.63. The van der Waals surface area contributed by atoms with E-state index in [1.54, 1.807) is 18.2 Å². The Morgan fingerprint density at radius 2 is 1.54 bits per heavy atom. The van der Waals surface area contributed by atoms with E-state index >= 15 is 0 Å². The van der Waals surface area contributed by atoms with Gasteiger partial charge in [-0.05, 0) is 50.2 Å². The molecule has 8 nitrogen and oxygen atoms in total. The molecule has 0 fully saturated rings. The van der Waals surface area contributed by atoms with Gasteiger partial charge < -0.3 is 10.6 Å². The summed E-state index contributed by atoms with van der Waals surface area (Å²) >= 11 is 0. The molecule has 0 spiro atoms. The van der Waals surface area contributed by atoms with E-state index in [1.807, 2.05) is 13.8 Å². The highest BCUT2D eigenvalue weighted by atomic mass is 32.2. The quantitative estimate of drug-likeness (QED) is 0.607. The number of rotatable bonds is 3. The van der Waals surface area contributed by atoms with Gasteiger partial charge in [0.25, 0.3) is 10.1 Å². The van der Waals surface area contributed by atoms with E-state index in [9.17, 15) is 13.2 Å². The average Bonchev–Trinajstić information content (AvgIpc) is 2.55. The van der Waals surface area contributed by atoms with Gasteiger partial charge in [0.05, 0.1) is 27.3 Å². The molecule has 0 aliphatic carbocycles. The summed E-state index contributed by atoms with van der Waals surface area (Å²) in [6, 6.07) is 9.89. The number of anilines is 2. The van der Waals surface area contributed by atoms with Crippen molar-refractivity contribution >= 4 is 38.6 Å². The molecule has 1 aromatic heterocycles. The maximum absolute atomic E-state index is 12.1. The molecule has 0 radical (unpaired) electrons. The highest BCUT2D eigenvalue weighted by Gasteiger charge is 2.11. The van der Waals surface area contributed by atoms with E-state index < -0.39 is 16.1 Å². The second-order valence-electron chi connectivity index (χ2n) is 5.68. The number of benzene rings is 2. The summed E-state index contributed by atoms with van der Waals surface area (Å²) in [4.78, 5) is 20.7. The molecule has 0 aliphatic heterocycles. The molecular formula is C17H16N4O4S. The lowest BCUT2D eigenvalue weighted by Crippen LogP contribution is -2.19. The molecule has 3 aromatic rings. The van der Waals surface area contributed by atoms with Gasteiger partial charge in [0.2, 0.25) is 0 Å². The molecule has 3 rings (SSSR count). The molecule has 2 amide bonds. The Balaban J connectivity index is 1.78. The molecule has 9 heteroatoms. The minimum atomic E-state index is -4.34. The van der Waals surface area contributed by atoms with Crippen molar-refractivity contribution in [3.8, 4) is 0 Å². The predicted octanol–water partition coefficient (Wildman–Crippen LogP) is 3.14. The molecule has 0 saturated heterocycles. The van der Waals surface area contributed by atoms with Crippen LogP contribution >= 0.6 is 0 Å². The Morgan fingerprint density at radius 3 is 2.19 bits per heavy atom. The number of hydrogen-bond acceptors (Lipinski definition) is 5. The van der Waals surface area contributed by atoms with Crippen molar-refractivity contribution in [3.05, 3.63) is 53.9 Å². The topological polar surface area (TPSA) is 121 Å². The molecule has 0 atom stereocenters. The Labute approximate surface area is 150 Å². The first-order chi connectivity index (χ1) is 12.2. The summed E-state index contributed by atoms with van der Waals surface area (Å²) in [7, 11) is -4.34. The summed E-state index contributed by atoms with van der Waals surface area (Å²) in [5, 5.41) is 5.15. The average molecular weight is 372 g/mol. The zero-order valence-electron chi connectivity index (χ0n) is 14.0. The third kappa shape index (κ3) is 3.95. The van der Waals surface area contributed by atoms with E-state index in [1.165, 1.54) is 18.2 Å². The van der Waals surface area contributed by atoms with Crippen LogP contribution in [-0.2, 0) is 10.1 Å². The van der Waals surface area contributed by atoms with Gasteiger partial charge >= 0.3 is 6.03 Å². The van der Waals surface area contributed by atoms with E-state index in [2.05, 4.69) is 20.6 Å². The largest absolute Gasteiger partial charge is 0.323 e. The Bertz CT molecular complexity index is 1110. The van der Waals surface area contributed by atoms with Crippen LogP contribution in [0.25, 0.3) is 11.0 Å². The van der Waals surface area contributed by atoms with Gasteiger partial charge in [0.1, 0.15) is 0 Å². The number of aromatic nitrogens is 2. The fraction of sp³-hybridized carbons (Fsp3) is 0.118. The van der Waals surface area contributed by atoms with E-state index in [0.717, 1.165) is 23.0 Å². The molecule has 0 bridgehead atoms. The van der Waals surface area contributed by atoms with Crippen LogP contribution < -0.4 is 10.6 Å². The zero-order chi connectivity index (χ0) is 18.9. The molecule has 2 aromatic carbocycles. The van der Waals surface area contributed by atoms with E-state index in [-0.39, 0.29) is 10.6 Å². The molecule has 0 saturated carbocycles. The minimum Gasteiger partial charge on any atom is -0.308 e. The molecule has 0 unspecified atom stereocenters. The van der Waals surface area contributed by atoms with Gasteiger partial charge in [-0.1, -0.05) is 6.07 Å². The number of carbonyl (C=O) groups excluding carboxylic acids is 1. The number of fused-ring (bicyclic) bond motifs is 1. The lowest BCUT2D eigenvalue weighted by atomic mass is 10.2. The third-order valence-electron chi connectivity index (χ3n) is 3.72. The lowest BCUT2D eigenvalue weighted by molar-refractivity contribution is 0.262. The second kappa shape index (κ2) is 6.70. The standard InChI is InChI=1S/C17H16N4O4S/c1-10-11(2)19-16-9-13(6-7-15(16)18-10)21-17(22)20-12-4-3-5-14(8-12)26(23,24)25/h3-9H,1-2H3,(H2,20,21,22)(H,23,24,25). The van der Waals surface area contributed by atoms with Crippen LogP contribution in [-0.4, -0.2) is 29.0 Å². The molecular weight excluding hydrogens is 356 g/mol. The number of carbonyl (C=O) groups is 1. The van der Waals surface area contributed by atoms with Gasteiger partial charge in [0.15, 0.2) is 0 Å². The van der Waals surface area contributed by atoms with Crippen molar-refractivity contribution in [1.29, 1.82) is 0 Å². The van der Waals surface area contributed by atoms with Crippen LogP contribution in [0.15, 0.2) is 47.4 Å². The van der Waals surface area contributed by atoms with Crippen LogP contribution in [0.5, 0.6) is 0 Å². The fourth-order valence-electron chi connectivity index (χ4n) is 2.34. The third-order valence-corrected chi connectivity index (χ3v) is 4.57. The van der Waals surface area contributed by atoms with Gasteiger partial charge in [-0.25, -0.2) is 14.8 Å². The fourth-order valence-corrected chi connectivity index (χ4v) is 2.86. The lowest BCUT2D eigenvalue weighted by Gasteiger charge is -2.09. The highest BCUT2D eigenvalue weighted by molar-refractivity contribution is 7.85. The van der Waals surface area contributed by atoms with Crippen molar-refractivity contribution in [2.75, 3.05) is 10.6 Å². The number of nitrogens with one attached hydrogen (secondary N) is 2. The smallest absolute Gasteiger partial charge is 0.308 e. The van der Waals surface area contributed by atoms with Crippen molar-refractivity contribution in [2.45, 2.75) is 18.7 Å². The van der Waals surface area contributed by atoms with Crippen molar-refractivity contribution in [2.24, 2.45) is 0 Å². The van der Waals surface area contributed by atoms with Gasteiger partial charge in [-0.15, -0.1) is 0 Å². The summed E-state index contributed by atoms with van der Waals surface area (Å²) < 4.78 is 31.4. The van der Waals surface area contributed by atoms with Crippen molar-refractivity contribution in [1.82, 2.24) is 9.97 Å². The Kier molecular flexibility index (Phi) is 4.58. The number of hydrogen-bond donors (Lipinski definition) is 3. The molecule has 3 N–H and O–H groups in total. The van der Waals surface area contributed by atoms with Crippen LogP contribution in [0.3, 0.4) is 0 Å². The maximum atomic E-state index is 12.1. The summed E-state index contributed by atoms with van der Waals surface area (Å²) in [5.41, 5.74) is 3.76. The summed E-state index contributed by atoms with van der Waals surface area (Å²) in [6.07, 6.45) is 0. The molecule has 134 valence electrons. The SMILES string of the molecule is Cc1nc2ccc(NC(=O)Nc3cccc(S(=O)(=O)O)c3)cc2nc1C. The van der Waals surface area contributed by atoms with Crippen molar-refractivity contribution in [3.63, 3.8) is 0 Å². The summed E-state index contributed by atoms with van der Waals surface area (Å²) in [6.45, 7) is 3.73. The maximum Gasteiger partial charge on any atom is 0.323 e. The van der Waals surface area contributed by atoms with Crippen LogP contribution in [0.1, 0.15) is 11.4 Å². The Morgan fingerprint density at radius 1 is 0.923 bits per heavy atom. The van der Waals surface area contributed by atoms with Gasteiger partial charge in [-0.2, -0.15) is 8.42 Å². The Hall–Kier alpha value is -3.04. The normalized spacial score (nSPS) is 11.3. The minimum absolute atomic E-state index is 0.227. The molecule has 1 heterocycles. The second-order valence-corrected chi connectivity index (χ2v) is 7.10. The number of nitrogens with zero attached hydrogens (tertiary/aromatic N) is 2. The first-order valence-corrected chi connectivity index (χ1v) is 9.07. The van der Waals surface area contributed by atoms with E-state index in [4.69, 9.17) is 4.55 Å². The molecule has 0 aliphatic rings. The van der Waals surface area contributed by atoms with Gasteiger partial charge in [-0.3, -0.25) is 4.55 Å². The van der Waals surface area contributed by atoms with Crippen LogP contribution in [0.4, 0.5) is 16.2 Å². The van der Waals surface area contributed by atoms with E-state index in [0.29, 0.717) is 11.2 Å². The predicted molar refractivity (Wildman–Crippen MR) is 97.9 cm³/mol. The zero-order valence-corrected chi connectivity index (χ0v) is 14.8. The number of urea groups is 1.